The molecule has 2 saturated heterocycles. The largest absolute Gasteiger partial charge is 0.344 e. The third kappa shape index (κ3) is 8.87. The first-order valence-electron chi connectivity index (χ1n) is 16.9. The Morgan fingerprint density at radius 1 is 1.00 bits per heavy atom. The number of alkyl halides is 2. The lowest BCUT2D eigenvalue weighted by Crippen LogP contribution is -2.55. The highest BCUT2D eigenvalue weighted by Crippen LogP contribution is 2.38. The number of amides is 3. The van der Waals surface area contributed by atoms with Gasteiger partial charge in [-0.2, -0.15) is 8.78 Å². The lowest BCUT2D eigenvalue weighted by Gasteiger charge is -2.36. The Hall–Kier alpha value is -2.99. The fourth-order valence-corrected chi connectivity index (χ4v) is 6.99. The molecule has 2 heterocycles. The molecular formula is C34H50F3N5O4. The fourth-order valence-electron chi connectivity index (χ4n) is 6.99. The lowest BCUT2D eigenvalue weighted by molar-refractivity contribution is -0.155. The van der Waals surface area contributed by atoms with Crippen molar-refractivity contribution in [3.63, 3.8) is 0 Å². The predicted octanol–water partition coefficient (Wildman–Crippen LogP) is 4.33. The van der Waals surface area contributed by atoms with Crippen LogP contribution in [0.2, 0.25) is 0 Å². The highest BCUT2D eigenvalue weighted by Gasteiger charge is 2.48. The molecule has 0 aromatic heterocycles. The number of carbonyl (C=O) groups excluding carboxylic acids is 4. The van der Waals surface area contributed by atoms with Crippen molar-refractivity contribution in [1.82, 2.24) is 20.4 Å². The molecule has 1 saturated carbocycles. The smallest absolute Gasteiger partial charge is 0.308 e. The predicted molar refractivity (Wildman–Crippen MR) is 170 cm³/mol. The van der Waals surface area contributed by atoms with E-state index in [1.807, 2.05) is 7.05 Å². The second-order valence-electron chi connectivity index (χ2n) is 13.3. The van der Waals surface area contributed by atoms with E-state index in [1.165, 1.54) is 12.1 Å². The molecule has 1 aromatic carbocycles. The molecule has 3 amide bonds. The van der Waals surface area contributed by atoms with Gasteiger partial charge in [0.05, 0.1) is 5.69 Å². The summed E-state index contributed by atoms with van der Waals surface area (Å²) >= 11 is 0. The first-order valence-corrected chi connectivity index (χ1v) is 16.9. The number of anilines is 1. The molecule has 1 aliphatic carbocycles. The molecule has 2 aliphatic heterocycles. The van der Waals surface area contributed by atoms with Gasteiger partial charge in [0.25, 0.3) is 0 Å². The number of nitrogens with zero attached hydrogens (tertiary/aromatic N) is 2. The first kappa shape index (κ1) is 35.9. The Morgan fingerprint density at radius 2 is 1.65 bits per heavy atom. The molecule has 3 aliphatic rings. The zero-order valence-corrected chi connectivity index (χ0v) is 27.4. The molecule has 12 heteroatoms. The SMILES string of the molecule is CCC(=O)N[C@@H](C(=O)N1CCN(C)CC1)[C@@H](C)c1ccc(NC(=O)[C@@H](CC(=O)C(F)(F)C2CCNCC2)C2CCCCC2)c(F)c1. The second kappa shape index (κ2) is 16.2. The quantitative estimate of drug-likeness (QED) is 0.311. The molecule has 3 N–H and O–H groups in total. The molecule has 0 radical (unpaired) electrons. The van der Waals surface area contributed by atoms with Gasteiger partial charge in [0, 0.05) is 56.8 Å². The number of hydrogen-bond acceptors (Lipinski definition) is 6. The zero-order valence-electron chi connectivity index (χ0n) is 27.4. The Labute approximate surface area is 270 Å². The average Bonchev–Trinajstić information content (AvgIpc) is 3.07. The minimum absolute atomic E-state index is 0.126. The van der Waals surface area contributed by atoms with Crippen molar-refractivity contribution < 1.29 is 32.3 Å². The number of piperidine rings is 1. The molecule has 9 nitrogen and oxygen atoms in total. The molecule has 256 valence electrons. The van der Waals surface area contributed by atoms with Crippen molar-refractivity contribution >= 4 is 29.2 Å². The summed E-state index contributed by atoms with van der Waals surface area (Å²) in [6.45, 7) is 6.74. The Morgan fingerprint density at radius 3 is 2.26 bits per heavy atom. The van der Waals surface area contributed by atoms with Crippen LogP contribution in [0.1, 0.15) is 83.1 Å². The third-order valence-corrected chi connectivity index (χ3v) is 10.2. The van der Waals surface area contributed by atoms with Crippen molar-refractivity contribution in [3.8, 4) is 0 Å². The van der Waals surface area contributed by atoms with Crippen LogP contribution in [0.5, 0.6) is 0 Å². The van der Waals surface area contributed by atoms with Gasteiger partial charge in [-0.25, -0.2) is 4.39 Å². The van der Waals surface area contributed by atoms with E-state index in [2.05, 4.69) is 20.9 Å². The van der Waals surface area contributed by atoms with E-state index in [4.69, 9.17) is 0 Å². The summed E-state index contributed by atoms with van der Waals surface area (Å²) in [5.74, 6) is -9.54. The second-order valence-corrected chi connectivity index (χ2v) is 13.3. The van der Waals surface area contributed by atoms with E-state index in [9.17, 15) is 19.2 Å². The van der Waals surface area contributed by atoms with Gasteiger partial charge in [0.2, 0.25) is 23.5 Å². The zero-order chi connectivity index (χ0) is 33.4. The van der Waals surface area contributed by atoms with E-state index >= 15 is 13.2 Å². The number of piperazine rings is 1. The molecule has 0 spiro atoms. The standard InChI is InChI=1S/C34H50F3N5O4/c1-4-30(44)40-31(33(46)42-18-16-41(3)17-19-42)22(2)24-10-11-28(27(35)20-24)39-32(45)26(23-8-6-5-7-9-23)21-29(43)34(36,37)25-12-14-38-15-13-25/h10-11,20,22-23,25-26,31,38H,4-9,12-19,21H2,1-3H3,(H,39,45)(H,40,44)/t22-,26-,31+/m0/s1. The number of likely N-dealkylation sites (N-methyl/N-ethyl adjacent to an activating group) is 1. The van der Waals surface area contributed by atoms with Crippen LogP contribution in [0.4, 0.5) is 18.9 Å². The summed E-state index contributed by atoms with van der Waals surface area (Å²) < 4.78 is 46.0. The summed E-state index contributed by atoms with van der Waals surface area (Å²) in [7, 11) is 1.98. The number of rotatable bonds is 12. The minimum atomic E-state index is -3.52. The van der Waals surface area contributed by atoms with Gasteiger partial charge in [0.15, 0.2) is 0 Å². The average molecular weight is 650 g/mol. The van der Waals surface area contributed by atoms with Gasteiger partial charge in [-0.1, -0.05) is 39.2 Å². The lowest BCUT2D eigenvalue weighted by atomic mass is 9.75. The van der Waals surface area contributed by atoms with Crippen molar-refractivity contribution in [2.45, 2.75) is 89.5 Å². The summed E-state index contributed by atoms with van der Waals surface area (Å²) in [5, 5.41) is 8.44. The van der Waals surface area contributed by atoms with E-state index in [-0.39, 0.29) is 42.7 Å². The Balaban J connectivity index is 1.50. The monoisotopic (exact) mass is 649 g/mol. The molecule has 4 rings (SSSR count). The van der Waals surface area contributed by atoms with Gasteiger partial charge in [-0.15, -0.1) is 0 Å². The summed E-state index contributed by atoms with van der Waals surface area (Å²) in [6, 6.07) is 3.31. The van der Waals surface area contributed by atoms with Crippen LogP contribution in [0.15, 0.2) is 18.2 Å². The van der Waals surface area contributed by atoms with Crippen LogP contribution in [-0.2, 0) is 19.2 Å². The van der Waals surface area contributed by atoms with Crippen LogP contribution in [0.25, 0.3) is 0 Å². The molecule has 3 atom stereocenters. The van der Waals surface area contributed by atoms with Crippen LogP contribution in [-0.4, -0.2) is 91.6 Å². The van der Waals surface area contributed by atoms with Gasteiger partial charge in [-0.3, -0.25) is 19.2 Å². The molecule has 46 heavy (non-hydrogen) atoms. The molecule has 0 bridgehead atoms. The summed E-state index contributed by atoms with van der Waals surface area (Å²) in [4.78, 5) is 56.3. The van der Waals surface area contributed by atoms with Crippen molar-refractivity contribution in [3.05, 3.63) is 29.6 Å². The van der Waals surface area contributed by atoms with E-state index < -0.39 is 53.6 Å². The highest BCUT2D eigenvalue weighted by atomic mass is 19.3. The van der Waals surface area contributed by atoms with Crippen LogP contribution in [0.3, 0.4) is 0 Å². The molecule has 3 fully saturated rings. The molecule has 0 unspecified atom stereocenters. The fraction of sp³-hybridized carbons (Fsp3) is 0.706. The van der Waals surface area contributed by atoms with E-state index in [1.54, 1.807) is 24.8 Å². The Bertz CT molecular complexity index is 1230. The van der Waals surface area contributed by atoms with Gasteiger partial charge >= 0.3 is 5.92 Å². The summed E-state index contributed by atoms with van der Waals surface area (Å²) in [6.07, 6.45) is 3.95. The van der Waals surface area contributed by atoms with Gasteiger partial charge < -0.3 is 25.8 Å². The van der Waals surface area contributed by atoms with E-state index in [0.717, 1.165) is 19.3 Å². The number of halogens is 3. The number of Topliss-reactive ketones (excluding diaryl/α,β-unsaturated/α-hetero) is 1. The number of carbonyl (C=O) groups is 4. The van der Waals surface area contributed by atoms with Crippen molar-refractivity contribution in [2.75, 3.05) is 51.6 Å². The normalized spacial score (nSPS) is 20.9. The van der Waals surface area contributed by atoms with Crippen molar-refractivity contribution in [2.24, 2.45) is 17.8 Å². The van der Waals surface area contributed by atoms with Crippen LogP contribution in [0, 0.1) is 23.6 Å². The number of hydrogen-bond donors (Lipinski definition) is 3. The van der Waals surface area contributed by atoms with Crippen LogP contribution >= 0.6 is 0 Å². The molecule has 1 aromatic rings. The highest BCUT2D eigenvalue weighted by molar-refractivity contribution is 5.97. The maximum Gasteiger partial charge on any atom is 0.308 e. The molecular weight excluding hydrogens is 599 g/mol. The minimum Gasteiger partial charge on any atom is -0.344 e. The van der Waals surface area contributed by atoms with E-state index in [0.29, 0.717) is 57.7 Å². The maximum atomic E-state index is 15.6. The third-order valence-electron chi connectivity index (χ3n) is 10.2. The van der Waals surface area contributed by atoms with Gasteiger partial charge in [0.1, 0.15) is 11.9 Å². The summed E-state index contributed by atoms with van der Waals surface area (Å²) in [5.41, 5.74) is 0.332. The van der Waals surface area contributed by atoms with Gasteiger partial charge in [-0.05, 0) is 69.4 Å². The number of ketones is 1. The maximum absolute atomic E-state index is 15.6. The number of nitrogens with one attached hydrogen (secondary N) is 3. The number of benzene rings is 1. The van der Waals surface area contributed by atoms with Crippen molar-refractivity contribution in [1.29, 1.82) is 0 Å². The Kier molecular flexibility index (Phi) is 12.6. The van der Waals surface area contributed by atoms with Crippen LogP contribution < -0.4 is 16.0 Å². The first-order chi connectivity index (χ1) is 21.9. The topological polar surface area (TPSA) is 111 Å².